The second-order valence-electron chi connectivity index (χ2n) is 10.4. The Labute approximate surface area is 223 Å². The second kappa shape index (κ2) is 15.1. The van der Waals surface area contributed by atoms with Gasteiger partial charge in [0.25, 0.3) is 0 Å². The van der Waals surface area contributed by atoms with Gasteiger partial charge in [0, 0.05) is 23.4 Å². The molecule has 2 aromatic carbocycles. The predicted molar refractivity (Wildman–Crippen MR) is 149 cm³/mol. The zero-order chi connectivity index (χ0) is 26.6. The third-order valence-electron chi connectivity index (χ3n) is 7.90. The number of hydrogen-bond donors (Lipinski definition) is 0. The maximum absolute atomic E-state index is 13.2. The number of piperidine rings is 1. The van der Waals surface area contributed by atoms with Crippen molar-refractivity contribution in [1.29, 1.82) is 0 Å². The van der Waals surface area contributed by atoms with Crippen molar-refractivity contribution < 1.29 is 18.7 Å². The number of likely N-dealkylation sites (tertiary alicyclic amines) is 1. The molecule has 0 amide bonds. The third-order valence-corrected chi connectivity index (χ3v) is 7.90. The fraction of sp³-hybridized carbons (Fsp3) is 0.562. The van der Waals surface area contributed by atoms with Crippen molar-refractivity contribution in [2.75, 3.05) is 27.3 Å². The van der Waals surface area contributed by atoms with Gasteiger partial charge in [-0.25, -0.2) is 4.39 Å². The fourth-order valence-electron chi connectivity index (χ4n) is 5.53. The van der Waals surface area contributed by atoms with E-state index in [0.717, 1.165) is 43.9 Å². The van der Waals surface area contributed by atoms with Crippen LogP contribution in [0, 0.1) is 17.7 Å². The Morgan fingerprint density at radius 1 is 0.919 bits per heavy atom. The quantitative estimate of drug-likeness (QED) is 0.180. The van der Waals surface area contributed by atoms with E-state index < -0.39 is 0 Å². The van der Waals surface area contributed by atoms with Gasteiger partial charge < -0.3 is 14.4 Å². The summed E-state index contributed by atoms with van der Waals surface area (Å²) in [6.07, 6.45) is 11.5. The average Bonchev–Trinajstić information content (AvgIpc) is 2.94. The molecule has 0 aromatic heterocycles. The van der Waals surface area contributed by atoms with Crippen molar-refractivity contribution in [2.45, 2.75) is 84.1 Å². The molecule has 0 spiro atoms. The van der Waals surface area contributed by atoms with Gasteiger partial charge in [0.15, 0.2) is 17.3 Å². The largest absolute Gasteiger partial charge is 0.493 e. The second-order valence-corrected chi connectivity index (χ2v) is 10.4. The number of rotatable bonds is 15. The first-order valence-electron chi connectivity index (χ1n) is 14.1. The molecule has 1 fully saturated rings. The van der Waals surface area contributed by atoms with Gasteiger partial charge in [-0.2, -0.15) is 0 Å². The van der Waals surface area contributed by atoms with Crippen LogP contribution in [-0.4, -0.2) is 44.0 Å². The molecule has 1 radical (unpaired) electrons. The van der Waals surface area contributed by atoms with Gasteiger partial charge in [0.2, 0.25) is 0 Å². The summed E-state index contributed by atoms with van der Waals surface area (Å²) in [5, 5.41) is 0. The molecule has 5 heteroatoms. The molecular weight excluding hydrogens is 465 g/mol. The molecule has 1 heterocycles. The van der Waals surface area contributed by atoms with Crippen LogP contribution < -0.4 is 9.47 Å². The molecule has 1 atom stereocenters. The molecule has 1 aliphatic heterocycles. The van der Waals surface area contributed by atoms with E-state index in [1.807, 2.05) is 6.07 Å². The third kappa shape index (κ3) is 8.56. The Hall–Kier alpha value is -2.40. The molecule has 0 saturated carbocycles. The van der Waals surface area contributed by atoms with E-state index in [4.69, 9.17) is 9.47 Å². The van der Waals surface area contributed by atoms with E-state index in [0.29, 0.717) is 11.6 Å². The molecule has 0 N–H and O–H groups in total. The van der Waals surface area contributed by atoms with Gasteiger partial charge >= 0.3 is 0 Å². The van der Waals surface area contributed by atoms with Gasteiger partial charge in [0.1, 0.15) is 5.82 Å². The monoisotopic (exact) mass is 510 g/mol. The molecule has 1 aliphatic rings. The van der Waals surface area contributed by atoms with Crippen LogP contribution in [0.2, 0.25) is 0 Å². The van der Waals surface area contributed by atoms with Crippen LogP contribution in [0.4, 0.5) is 4.39 Å². The standard InChI is InChI=1S/C32H45FNO3/c1-5-6-7-11-29(12-9-8-10-24(2)27-15-18-30(36-3)31(23-27)37-4)34-21-19-26(20-22-34)32(35)25-13-16-28(33)17-14-25/h13-18,23,26,29H,5-12,19-22H2,1-4H3. The highest BCUT2D eigenvalue weighted by molar-refractivity contribution is 5.97. The molecule has 0 aliphatic carbocycles. The van der Waals surface area contributed by atoms with Crippen LogP contribution in [-0.2, 0) is 0 Å². The Morgan fingerprint density at radius 2 is 1.54 bits per heavy atom. The summed E-state index contributed by atoms with van der Waals surface area (Å²) in [7, 11) is 3.34. The molecule has 3 rings (SSSR count). The summed E-state index contributed by atoms with van der Waals surface area (Å²) in [6.45, 7) is 6.42. The first-order chi connectivity index (χ1) is 18.0. The van der Waals surface area contributed by atoms with Crippen molar-refractivity contribution >= 4 is 5.78 Å². The van der Waals surface area contributed by atoms with Crippen molar-refractivity contribution in [1.82, 2.24) is 4.90 Å². The first-order valence-corrected chi connectivity index (χ1v) is 14.1. The molecule has 2 aromatic rings. The SMILES string of the molecule is CCCCCC(CCCC[C](C)c1ccc(OC)c(OC)c1)N1CCC(C(=O)c2ccc(F)cc2)CC1. The summed E-state index contributed by atoms with van der Waals surface area (Å²) in [4.78, 5) is 15.5. The van der Waals surface area contributed by atoms with E-state index in [2.05, 4.69) is 30.9 Å². The van der Waals surface area contributed by atoms with Crippen LogP contribution in [0.25, 0.3) is 0 Å². The van der Waals surface area contributed by atoms with Gasteiger partial charge in [-0.15, -0.1) is 0 Å². The maximum atomic E-state index is 13.2. The van der Waals surface area contributed by atoms with E-state index in [1.165, 1.54) is 68.6 Å². The van der Waals surface area contributed by atoms with Gasteiger partial charge in [0.05, 0.1) is 14.2 Å². The highest BCUT2D eigenvalue weighted by atomic mass is 19.1. The van der Waals surface area contributed by atoms with E-state index >= 15 is 0 Å². The summed E-state index contributed by atoms with van der Waals surface area (Å²) < 4.78 is 24.1. The lowest BCUT2D eigenvalue weighted by atomic mass is 9.87. The number of carbonyl (C=O) groups is 1. The van der Waals surface area contributed by atoms with E-state index in [1.54, 1.807) is 26.4 Å². The Morgan fingerprint density at radius 3 is 2.16 bits per heavy atom. The molecular formula is C32H45FNO3. The smallest absolute Gasteiger partial charge is 0.166 e. The lowest BCUT2D eigenvalue weighted by Crippen LogP contribution is -2.43. The number of benzene rings is 2. The van der Waals surface area contributed by atoms with Crippen molar-refractivity contribution in [3.05, 3.63) is 65.3 Å². The number of carbonyl (C=O) groups excluding carboxylic acids is 1. The van der Waals surface area contributed by atoms with Crippen molar-refractivity contribution in [2.24, 2.45) is 5.92 Å². The number of ether oxygens (including phenoxy) is 2. The number of nitrogens with zero attached hydrogens (tertiary/aromatic N) is 1. The molecule has 4 nitrogen and oxygen atoms in total. The Kier molecular flexibility index (Phi) is 11.9. The summed E-state index contributed by atoms with van der Waals surface area (Å²) >= 11 is 0. The van der Waals surface area contributed by atoms with Crippen LogP contribution in [0.3, 0.4) is 0 Å². The molecule has 203 valence electrons. The van der Waals surface area contributed by atoms with Crippen molar-refractivity contribution in [3.8, 4) is 11.5 Å². The topological polar surface area (TPSA) is 38.8 Å². The number of unbranched alkanes of at least 4 members (excludes halogenated alkanes) is 3. The lowest BCUT2D eigenvalue weighted by molar-refractivity contribution is 0.0766. The first kappa shape index (κ1) is 29.2. The summed E-state index contributed by atoms with van der Waals surface area (Å²) in [5.74, 6) is 2.84. The van der Waals surface area contributed by atoms with E-state index in [-0.39, 0.29) is 17.5 Å². The minimum Gasteiger partial charge on any atom is -0.493 e. The highest BCUT2D eigenvalue weighted by Gasteiger charge is 2.29. The van der Waals surface area contributed by atoms with Gasteiger partial charge in [-0.05, 0) is 87.2 Å². The number of Topliss-reactive ketones (excluding diaryl/α,β-unsaturated/α-hetero) is 1. The predicted octanol–water partition coefficient (Wildman–Crippen LogP) is 7.89. The number of methoxy groups -OCH3 is 2. The van der Waals surface area contributed by atoms with Crippen LogP contribution in [0.5, 0.6) is 11.5 Å². The number of halogens is 1. The summed E-state index contributed by atoms with van der Waals surface area (Å²) in [5.41, 5.74) is 1.85. The normalized spacial score (nSPS) is 15.6. The van der Waals surface area contributed by atoms with Crippen molar-refractivity contribution in [3.63, 3.8) is 0 Å². The lowest BCUT2D eigenvalue weighted by Gasteiger charge is -2.37. The average molecular weight is 511 g/mol. The maximum Gasteiger partial charge on any atom is 0.166 e. The van der Waals surface area contributed by atoms with Crippen LogP contribution in [0.15, 0.2) is 42.5 Å². The minimum atomic E-state index is -0.294. The van der Waals surface area contributed by atoms with Crippen LogP contribution in [0.1, 0.15) is 94.0 Å². The Balaban J connectivity index is 1.48. The van der Waals surface area contributed by atoms with Crippen LogP contribution >= 0.6 is 0 Å². The number of ketones is 1. The fourth-order valence-corrected chi connectivity index (χ4v) is 5.53. The molecule has 1 saturated heterocycles. The molecule has 1 unspecified atom stereocenters. The van der Waals surface area contributed by atoms with Gasteiger partial charge in [-0.1, -0.05) is 52.0 Å². The minimum absolute atomic E-state index is 0.0525. The summed E-state index contributed by atoms with van der Waals surface area (Å²) in [6, 6.07) is 12.8. The zero-order valence-electron chi connectivity index (χ0n) is 23.2. The molecule has 0 bridgehead atoms. The Bertz CT molecular complexity index is 953. The zero-order valence-corrected chi connectivity index (χ0v) is 23.2. The van der Waals surface area contributed by atoms with E-state index in [9.17, 15) is 9.18 Å². The van der Waals surface area contributed by atoms with Gasteiger partial charge in [-0.3, -0.25) is 4.79 Å². The number of hydrogen-bond acceptors (Lipinski definition) is 4. The highest BCUT2D eigenvalue weighted by Crippen LogP contribution is 2.32. The molecule has 37 heavy (non-hydrogen) atoms.